The first-order valence-corrected chi connectivity index (χ1v) is 6.98. The van der Waals surface area contributed by atoms with Gasteiger partial charge in [0.25, 0.3) is 0 Å². The van der Waals surface area contributed by atoms with E-state index in [-0.39, 0.29) is 11.9 Å². The number of carbonyl (C=O) groups is 1. The Kier molecular flexibility index (Phi) is 4.36. The number of rotatable bonds is 4. The standard InChI is InChI=1S/C11H16ClN3OS/c1-8(11(16)15-4-2-3-5-15)13-7-10-14-6-9(12)17-10/h6,8,13H,2-5,7H2,1H3. The van der Waals surface area contributed by atoms with E-state index in [9.17, 15) is 4.79 Å². The van der Waals surface area contributed by atoms with Crippen molar-refractivity contribution in [3.8, 4) is 0 Å². The topological polar surface area (TPSA) is 45.2 Å². The summed E-state index contributed by atoms with van der Waals surface area (Å²) in [4.78, 5) is 18.1. The van der Waals surface area contributed by atoms with Crippen LogP contribution >= 0.6 is 22.9 Å². The molecular weight excluding hydrogens is 258 g/mol. The molecule has 1 amide bonds. The molecule has 1 fully saturated rings. The Bertz CT molecular complexity index is 390. The van der Waals surface area contributed by atoms with E-state index in [0.29, 0.717) is 10.9 Å². The van der Waals surface area contributed by atoms with Gasteiger partial charge in [-0.25, -0.2) is 4.98 Å². The number of halogens is 1. The number of nitrogens with zero attached hydrogens (tertiary/aromatic N) is 2. The SMILES string of the molecule is CC(NCc1ncc(Cl)s1)C(=O)N1CCCC1. The van der Waals surface area contributed by atoms with E-state index >= 15 is 0 Å². The van der Waals surface area contributed by atoms with Gasteiger partial charge in [0.2, 0.25) is 5.91 Å². The minimum Gasteiger partial charge on any atom is -0.341 e. The maximum Gasteiger partial charge on any atom is 0.239 e. The van der Waals surface area contributed by atoms with Gasteiger partial charge in [-0.1, -0.05) is 11.6 Å². The van der Waals surface area contributed by atoms with Crippen molar-refractivity contribution in [2.24, 2.45) is 0 Å². The highest BCUT2D eigenvalue weighted by atomic mass is 35.5. The molecule has 94 valence electrons. The van der Waals surface area contributed by atoms with E-state index in [4.69, 9.17) is 11.6 Å². The third kappa shape index (κ3) is 3.40. The van der Waals surface area contributed by atoms with Crippen LogP contribution in [0.4, 0.5) is 0 Å². The van der Waals surface area contributed by atoms with Crippen LogP contribution < -0.4 is 5.32 Å². The predicted octanol–water partition coefficient (Wildman–Crippen LogP) is 1.90. The van der Waals surface area contributed by atoms with Gasteiger partial charge in [0, 0.05) is 19.6 Å². The van der Waals surface area contributed by atoms with E-state index in [1.807, 2.05) is 11.8 Å². The fourth-order valence-corrected chi connectivity index (χ4v) is 2.82. The van der Waals surface area contributed by atoms with Crippen LogP contribution in [0.2, 0.25) is 4.34 Å². The second-order valence-electron chi connectivity index (χ2n) is 4.19. The van der Waals surface area contributed by atoms with Crippen molar-refractivity contribution in [2.45, 2.75) is 32.4 Å². The molecule has 0 spiro atoms. The molecule has 1 aliphatic heterocycles. The number of hydrogen-bond acceptors (Lipinski definition) is 4. The fraction of sp³-hybridized carbons (Fsp3) is 0.636. The van der Waals surface area contributed by atoms with Gasteiger partial charge in [0.05, 0.1) is 12.2 Å². The lowest BCUT2D eigenvalue weighted by Gasteiger charge is -2.20. The van der Waals surface area contributed by atoms with Crippen LogP contribution in [0.1, 0.15) is 24.8 Å². The minimum absolute atomic E-state index is 0.157. The first-order valence-electron chi connectivity index (χ1n) is 5.79. The lowest BCUT2D eigenvalue weighted by atomic mass is 10.3. The molecule has 2 heterocycles. The largest absolute Gasteiger partial charge is 0.341 e. The first-order chi connectivity index (χ1) is 8.16. The van der Waals surface area contributed by atoms with Crippen molar-refractivity contribution in [1.82, 2.24) is 15.2 Å². The second-order valence-corrected chi connectivity index (χ2v) is 5.94. The minimum atomic E-state index is -0.157. The molecule has 1 aliphatic rings. The molecule has 0 radical (unpaired) electrons. The highest BCUT2D eigenvalue weighted by Crippen LogP contribution is 2.18. The summed E-state index contributed by atoms with van der Waals surface area (Å²) in [5.41, 5.74) is 0. The zero-order valence-corrected chi connectivity index (χ0v) is 11.4. The van der Waals surface area contributed by atoms with Gasteiger partial charge in [0.15, 0.2) is 0 Å². The molecule has 0 aromatic carbocycles. The maximum atomic E-state index is 12.0. The maximum absolute atomic E-state index is 12.0. The molecular formula is C11H16ClN3OS. The van der Waals surface area contributed by atoms with Crippen LogP contribution in [0.15, 0.2) is 6.20 Å². The molecule has 0 saturated carbocycles. The van der Waals surface area contributed by atoms with Crippen molar-refractivity contribution in [3.63, 3.8) is 0 Å². The Balaban J connectivity index is 1.80. The lowest BCUT2D eigenvalue weighted by molar-refractivity contribution is -0.131. The monoisotopic (exact) mass is 273 g/mol. The molecule has 6 heteroatoms. The molecule has 17 heavy (non-hydrogen) atoms. The van der Waals surface area contributed by atoms with Gasteiger partial charge in [-0.2, -0.15) is 0 Å². The fourth-order valence-electron chi connectivity index (χ4n) is 1.91. The number of carbonyl (C=O) groups excluding carboxylic acids is 1. The molecule has 1 saturated heterocycles. The molecule has 1 aromatic heterocycles. The molecule has 1 aromatic rings. The van der Waals surface area contributed by atoms with E-state index in [0.717, 1.165) is 30.9 Å². The van der Waals surface area contributed by atoms with E-state index in [1.54, 1.807) is 6.20 Å². The summed E-state index contributed by atoms with van der Waals surface area (Å²) in [5, 5.41) is 4.10. The third-order valence-electron chi connectivity index (χ3n) is 2.87. The van der Waals surface area contributed by atoms with Crippen LogP contribution in [0.25, 0.3) is 0 Å². The predicted molar refractivity (Wildman–Crippen MR) is 69.2 cm³/mol. The Morgan fingerprint density at radius 1 is 1.65 bits per heavy atom. The summed E-state index contributed by atoms with van der Waals surface area (Å²) < 4.78 is 0.681. The average Bonchev–Trinajstić information content (AvgIpc) is 2.95. The Morgan fingerprint density at radius 2 is 2.35 bits per heavy atom. The average molecular weight is 274 g/mol. The van der Waals surface area contributed by atoms with Gasteiger partial charge in [0.1, 0.15) is 9.34 Å². The number of likely N-dealkylation sites (tertiary alicyclic amines) is 1. The van der Waals surface area contributed by atoms with E-state index < -0.39 is 0 Å². The second kappa shape index (κ2) is 5.80. The number of nitrogens with one attached hydrogen (secondary N) is 1. The van der Waals surface area contributed by atoms with Crippen molar-refractivity contribution in [3.05, 3.63) is 15.5 Å². The van der Waals surface area contributed by atoms with Gasteiger partial charge in [-0.3, -0.25) is 10.1 Å². The summed E-state index contributed by atoms with van der Waals surface area (Å²) in [5.74, 6) is 0.185. The van der Waals surface area contributed by atoms with E-state index in [1.165, 1.54) is 11.3 Å². The third-order valence-corrected chi connectivity index (χ3v) is 3.99. The Hall–Kier alpha value is -0.650. The van der Waals surface area contributed by atoms with Crippen LogP contribution in [0.3, 0.4) is 0 Å². The van der Waals surface area contributed by atoms with Crippen molar-refractivity contribution >= 4 is 28.8 Å². The van der Waals surface area contributed by atoms with Gasteiger partial charge >= 0.3 is 0 Å². The van der Waals surface area contributed by atoms with Crippen molar-refractivity contribution in [1.29, 1.82) is 0 Å². The highest BCUT2D eigenvalue weighted by Gasteiger charge is 2.22. The summed E-state index contributed by atoms with van der Waals surface area (Å²) in [6.45, 7) is 4.29. The zero-order chi connectivity index (χ0) is 12.3. The lowest BCUT2D eigenvalue weighted by Crippen LogP contribution is -2.43. The van der Waals surface area contributed by atoms with Crippen LogP contribution in [-0.4, -0.2) is 34.9 Å². The van der Waals surface area contributed by atoms with Crippen molar-refractivity contribution < 1.29 is 4.79 Å². The molecule has 4 nitrogen and oxygen atoms in total. The Morgan fingerprint density at radius 3 is 2.94 bits per heavy atom. The smallest absolute Gasteiger partial charge is 0.239 e. The number of aromatic nitrogens is 1. The summed E-state index contributed by atoms with van der Waals surface area (Å²) in [6, 6.07) is -0.157. The number of amides is 1. The van der Waals surface area contributed by atoms with Gasteiger partial charge in [-0.15, -0.1) is 11.3 Å². The van der Waals surface area contributed by atoms with Crippen LogP contribution in [0, 0.1) is 0 Å². The number of thiazole rings is 1. The zero-order valence-electron chi connectivity index (χ0n) is 9.78. The molecule has 1 unspecified atom stereocenters. The molecule has 1 N–H and O–H groups in total. The van der Waals surface area contributed by atoms with Crippen LogP contribution in [-0.2, 0) is 11.3 Å². The highest BCUT2D eigenvalue weighted by molar-refractivity contribution is 7.15. The molecule has 2 rings (SSSR count). The molecule has 0 bridgehead atoms. The van der Waals surface area contributed by atoms with Crippen LogP contribution in [0.5, 0.6) is 0 Å². The first kappa shape index (κ1) is 12.8. The quantitative estimate of drug-likeness (QED) is 0.911. The molecule has 1 atom stereocenters. The number of hydrogen-bond donors (Lipinski definition) is 1. The van der Waals surface area contributed by atoms with Gasteiger partial charge < -0.3 is 4.90 Å². The summed E-state index contributed by atoms with van der Waals surface area (Å²) in [6.07, 6.45) is 3.89. The van der Waals surface area contributed by atoms with Gasteiger partial charge in [-0.05, 0) is 19.8 Å². The van der Waals surface area contributed by atoms with Crippen molar-refractivity contribution in [2.75, 3.05) is 13.1 Å². The molecule has 0 aliphatic carbocycles. The normalized spacial score (nSPS) is 17.4. The Labute approximate surface area is 110 Å². The van der Waals surface area contributed by atoms with E-state index in [2.05, 4.69) is 10.3 Å². The summed E-state index contributed by atoms with van der Waals surface area (Å²) >= 11 is 7.24. The summed E-state index contributed by atoms with van der Waals surface area (Å²) in [7, 11) is 0.